The molecule has 0 amide bonds. The van der Waals surface area contributed by atoms with Gasteiger partial charge in [0.2, 0.25) is 11.9 Å². The van der Waals surface area contributed by atoms with Crippen LogP contribution in [0.1, 0.15) is 11.1 Å². The van der Waals surface area contributed by atoms with Crippen LogP contribution in [0.4, 0.5) is 0 Å². The van der Waals surface area contributed by atoms with Crippen molar-refractivity contribution in [2.45, 2.75) is 13.8 Å². The molecule has 140 valence electrons. The highest BCUT2D eigenvalue weighted by Crippen LogP contribution is 2.38. The van der Waals surface area contributed by atoms with E-state index >= 15 is 0 Å². The normalized spacial score (nSPS) is 12.0. The number of furan rings is 2. The van der Waals surface area contributed by atoms with E-state index in [9.17, 15) is 0 Å². The average Bonchev–Trinajstić information content (AvgIpc) is 3.24. The summed E-state index contributed by atoms with van der Waals surface area (Å²) in [6.45, 7) is 4.24. The second-order valence-electron chi connectivity index (χ2n) is 7.88. The first-order valence-electron chi connectivity index (χ1n) is 9.84. The first-order chi connectivity index (χ1) is 14.1. The molecule has 6 rings (SSSR count). The molecule has 3 nitrogen and oxygen atoms in total. The molecule has 0 aliphatic rings. The van der Waals surface area contributed by atoms with E-state index in [0.29, 0.717) is 0 Å². The molecule has 0 saturated heterocycles. The Labute approximate surface area is 167 Å². The average molecular weight is 378 g/mol. The molecule has 6 aromatic rings. The first kappa shape index (κ1) is 16.4. The standard InChI is InChI=1S/C26H20NO2/c1-15-8-10-18-19-11-9-16(2)25(26(19)29-23(18)12-15)21-13-20-17-6-4-5-7-22(17)28-24(20)14-27(21)3/h4-14H,1-3H3/q+1. The summed E-state index contributed by atoms with van der Waals surface area (Å²) in [6.07, 6.45) is 2.07. The lowest BCUT2D eigenvalue weighted by atomic mass is 9.99. The third-order valence-corrected chi connectivity index (χ3v) is 5.90. The van der Waals surface area contributed by atoms with Crippen LogP contribution in [0.15, 0.2) is 75.7 Å². The van der Waals surface area contributed by atoms with Gasteiger partial charge in [-0.05, 0) is 37.1 Å². The van der Waals surface area contributed by atoms with Crippen molar-refractivity contribution in [3.8, 4) is 11.3 Å². The van der Waals surface area contributed by atoms with Gasteiger partial charge >= 0.3 is 0 Å². The molecule has 3 heterocycles. The van der Waals surface area contributed by atoms with Gasteiger partial charge in [-0.25, -0.2) is 0 Å². The zero-order valence-corrected chi connectivity index (χ0v) is 16.6. The Kier molecular flexibility index (Phi) is 3.22. The van der Waals surface area contributed by atoms with Crippen molar-refractivity contribution in [3.05, 3.63) is 78.0 Å². The number of rotatable bonds is 1. The lowest BCUT2D eigenvalue weighted by molar-refractivity contribution is -0.659. The molecule has 0 unspecified atom stereocenters. The van der Waals surface area contributed by atoms with Crippen LogP contribution in [-0.2, 0) is 7.05 Å². The molecule has 0 spiro atoms. The van der Waals surface area contributed by atoms with Gasteiger partial charge in [0.15, 0.2) is 5.58 Å². The quantitative estimate of drug-likeness (QED) is 0.302. The van der Waals surface area contributed by atoms with Crippen molar-refractivity contribution in [2.24, 2.45) is 7.05 Å². The van der Waals surface area contributed by atoms with E-state index < -0.39 is 0 Å². The van der Waals surface area contributed by atoms with Crippen molar-refractivity contribution >= 4 is 43.9 Å². The zero-order chi connectivity index (χ0) is 19.7. The molecule has 3 aromatic heterocycles. The minimum atomic E-state index is 0.891. The molecule has 0 atom stereocenters. The predicted octanol–water partition coefficient (Wildman–Crippen LogP) is 6.59. The number of hydrogen-bond acceptors (Lipinski definition) is 2. The maximum atomic E-state index is 6.40. The second kappa shape index (κ2) is 5.71. The van der Waals surface area contributed by atoms with Gasteiger partial charge in [0.05, 0.1) is 5.56 Å². The van der Waals surface area contributed by atoms with E-state index in [1.54, 1.807) is 0 Å². The molecule has 3 aromatic carbocycles. The van der Waals surface area contributed by atoms with Gasteiger partial charge < -0.3 is 8.83 Å². The van der Waals surface area contributed by atoms with Crippen molar-refractivity contribution < 1.29 is 13.4 Å². The van der Waals surface area contributed by atoms with E-state index in [0.717, 1.165) is 55.1 Å². The van der Waals surface area contributed by atoms with Crippen LogP contribution in [0.5, 0.6) is 0 Å². The van der Waals surface area contributed by atoms with Gasteiger partial charge in [-0.1, -0.05) is 42.5 Å². The number of nitrogens with zero attached hydrogens (tertiary/aromatic N) is 1. The van der Waals surface area contributed by atoms with Crippen LogP contribution >= 0.6 is 0 Å². The molecule has 0 aliphatic heterocycles. The third-order valence-electron chi connectivity index (χ3n) is 5.90. The van der Waals surface area contributed by atoms with Crippen molar-refractivity contribution in [2.75, 3.05) is 0 Å². The molecule has 0 saturated carbocycles. The Morgan fingerprint density at radius 3 is 2.38 bits per heavy atom. The van der Waals surface area contributed by atoms with Crippen LogP contribution in [0.3, 0.4) is 0 Å². The maximum Gasteiger partial charge on any atom is 0.217 e. The summed E-state index contributed by atoms with van der Waals surface area (Å²) < 4.78 is 14.6. The van der Waals surface area contributed by atoms with Gasteiger partial charge in [0, 0.05) is 27.6 Å². The van der Waals surface area contributed by atoms with E-state index in [2.05, 4.69) is 80.2 Å². The van der Waals surface area contributed by atoms with Crippen LogP contribution in [-0.4, -0.2) is 0 Å². The van der Waals surface area contributed by atoms with Gasteiger partial charge in [0.1, 0.15) is 23.8 Å². The highest BCUT2D eigenvalue weighted by Gasteiger charge is 2.23. The summed E-state index contributed by atoms with van der Waals surface area (Å²) in [7, 11) is 2.06. The van der Waals surface area contributed by atoms with Crippen LogP contribution in [0.25, 0.3) is 55.1 Å². The highest BCUT2D eigenvalue weighted by atomic mass is 16.3. The van der Waals surface area contributed by atoms with Crippen LogP contribution in [0.2, 0.25) is 0 Å². The molecule has 3 heteroatoms. The van der Waals surface area contributed by atoms with Gasteiger partial charge in [-0.3, -0.25) is 0 Å². The summed E-state index contributed by atoms with van der Waals surface area (Å²) >= 11 is 0. The fraction of sp³-hybridized carbons (Fsp3) is 0.115. The summed E-state index contributed by atoms with van der Waals surface area (Å²) in [5, 5.41) is 4.56. The molecule has 0 bridgehead atoms. The number of aromatic nitrogens is 1. The zero-order valence-electron chi connectivity index (χ0n) is 16.6. The summed E-state index contributed by atoms with van der Waals surface area (Å²) in [5.74, 6) is 0. The second-order valence-corrected chi connectivity index (χ2v) is 7.88. The van der Waals surface area contributed by atoms with E-state index in [1.807, 2.05) is 12.1 Å². The minimum absolute atomic E-state index is 0.891. The van der Waals surface area contributed by atoms with Gasteiger partial charge in [-0.2, -0.15) is 4.57 Å². The number of hydrogen-bond donors (Lipinski definition) is 0. The molecule has 0 N–H and O–H groups in total. The predicted molar refractivity (Wildman–Crippen MR) is 117 cm³/mol. The van der Waals surface area contributed by atoms with E-state index in [4.69, 9.17) is 8.83 Å². The number of benzene rings is 3. The molecular formula is C26H20NO2+. The fourth-order valence-corrected chi connectivity index (χ4v) is 4.43. The fourth-order valence-electron chi connectivity index (χ4n) is 4.43. The third kappa shape index (κ3) is 2.27. The lowest BCUT2D eigenvalue weighted by Gasteiger charge is -2.05. The number of para-hydroxylation sites is 1. The molecule has 0 radical (unpaired) electrons. The topological polar surface area (TPSA) is 30.2 Å². The van der Waals surface area contributed by atoms with Crippen LogP contribution in [0, 0.1) is 13.8 Å². The van der Waals surface area contributed by atoms with E-state index in [-0.39, 0.29) is 0 Å². The van der Waals surface area contributed by atoms with Crippen molar-refractivity contribution in [1.82, 2.24) is 0 Å². The Bertz CT molecular complexity index is 1580. The molecule has 0 fully saturated rings. The molecule has 0 aliphatic carbocycles. The monoisotopic (exact) mass is 378 g/mol. The lowest BCUT2D eigenvalue weighted by Crippen LogP contribution is -2.30. The maximum absolute atomic E-state index is 6.40. The van der Waals surface area contributed by atoms with Crippen molar-refractivity contribution in [3.63, 3.8) is 0 Å². The smallest absolute Gasteiger partial charge is 0.217 e. The highest BCUT2D eigenvalue weighted by molar-refractivity contribution is 6.11. The van der Waals surface area contributed by atoms with Crippen molar-refractivity contribution in [1.29, 1.82) is 0 Å². The Balaban J connectivity index is 1.74. The minimum Gasteiger partial charge on any atom is -0.455 e. The van der Waals surface area contributed by atoms with Gasteiger partial charge in [-0.15, -0.1) is 0 Å². The molecular weight excluding hydrogens is 358 g/mol. The van der Waals surface area contributed by atoms with Crippen LogP contribution < -0.4 is 4.57 Å². The number of aryl methyl sites for hydroxylation is 3. The Morgan fingerprint density at radius 1 is 0.690 bits per heavy atom. The molecule has 29 heavy (non-hydrogen) atoms. The number of fused-ring (bicyclic) bond motifs is 6. The number of pyridine rings is 1. The first-order valence-corrected chi connectivity index (χ1v) is 9.84. The Morgan fingerprint density at radius 2 is 1.48 bits per heavy atom. The summed E-state index contributed by atoms with van der Waals surface area (Å²) in [4.78, 5) is 0. The van der Waals surface area contributed by atoms with E-state index in [1.165, 1.54) is 11.1 Å². The largest absolute Gasteiger partial charge is 0.455 e. The SMILES string of the molecule is Cc1ccc2c(c1)oc1c(-c3cc4c(c[n+]3C)oc3ccccc34)c(C)ccc12. The summed E-state index contributed by atoms with van der Waals surface area (Å²) in [6, 6.07) is 21.2. The summed E-state index contributed by atoms with van der Waals surface area (Å²) in [5.41, 5.74) is 8.31. The van der Waals surface area contributed by atoms with Gasteiger partial charge in [0.25, 0.3) is 0 Å². The Hall–Kier alpha value is -3.59.